The zero-order valence-corrected chi connectivity index (χ0v) is 12.1. The van der Waals surface area contributed by atoms with Crippen molar-refractivity contribution >= 4 is 11.6 Å². The van der Waals surface area contributed by atoms with Crippen molar-refractivity contribution < 1.29 is 5.11 Å². The SMILES string of the molecule is CN1C2CCC1CN(Cc1cccc(Cl)c1O)CC2. The molecule has 0 radical (unpaired) electrons. The highest BCUT2D eigenvalue weighted by Crippen LogP contribution is 2.31. The third-order valence-electron chi connectivity index (χ3n) is 4.70. The largest absolute Gasteiger partial charge is 0.506 e. The van der Waals surface area contributed by atoms with Gasteiger partial charge in [-0.2, -0.15) is 0 Å². The van der Waals surface area contributed by atoms with Crippen molar-refractivity contribution in [1.82, 2.24) is 9.80 Å². The minimum atomic E-state index is 0.243. The maximum Gasteiger partial charge on any atom is 0.138 e. The Hall–Kier alpha value is -0.770. The molecule has 1 N–H and O–H groups in total. The molecule has 0 spiro atoms. The van der Waals surface area contributed by atoms with Crippen LogP contribution < -0.4 is 0 Å². The van der Waals surface area contributed by atoms with Crippen molar-refractivity contribution in [1.29, 1.82) is 0 Å². The zero-order valence-electron chi connectivity index (χ0n) is 11.3. The molecule has 2 atom stereocenters. The summed E-state index contributed by atoms with van der Waals surface area (Å²) >= 11 is 5.97. The van der Waals surface area contributed by atoms with Gasteiger partial charge in [0.2, 0.25) is 0 Å². The van der Waals surface area contributed by atoms with E-state index in [0.29, 0.717) is 11.1 Å². The summed E-state index contributed by atoms with van der Waals surface area (Å²) in [5.74, 6) is 0.243. The van der Waals surface area contributed by atoms with Crippen molar-refractivity contribution in [3.63, 3.8) is 0 Å². The summed E-state index contributed by atoms with van der Waals surface area (Å²) in [7, 11) is 2.25. The van der Waals surface area contributed by atoms with E-state index in [1.54, 1.807) is 6.07 Å². The van der Waals surface area contributed by atoms with Crippen LogP contribution in [0.5, 0.6) is 5.75 Å². The number of para-hydroxylation sites is 1. The minimum Gasteiger partial charge on any atom is -0.506 e. The van der Waals surface area contributed by atoms with Crippen LogP contribution in [0.15, 0.2) is 18.2 Å². The summed E-state index contributed by atoms with van der Waals surface area (Å²) in [6.07, 6.45) is 3.88. The summed E-state index contributed by atoms with van der Waals surface area (Å²) in [5.41, 5.74) is 0.938. The number of likely N-dealkylation sites (N-methyl/N-ethyl adjacent to an activating group) is 1. The average Bonchev–Trinajstić information content (AvgIpc) is 2.63. The van der Waals surface area contributed by atoms with Gasteiger partial charge < -0.3 is 5.11 Å². The van der Waals surface area contributed by atoms with Crippen LogP contribution >= 0.6 is 11.6 Å². The molecule has 3 rings (SSSR count). The first-order valence-corrected chi connectivity index (χ1v) is 7.43. The Kier molecular flexibility index (Phi) is 3.70. The van der Waals surface area contributed by atoms with E-state index in [2.05, 4.69) is 16.8 Å². The van der Waals surface area contributed by atoms with Gasteiger partial charge in [0.05, 0.1) is 5.02 Å². The van der Waals surface area contributed by atoms with E-state index < -0.39 is 0 Å². The molecule has 0 amide bonds. The van der Waals surface area contributed by atoms with Gasteiger partial charge in [-0.1, -0.05) is 23.7 Å². The molecule has 4 heteroatoms. The number of nitrogens with zero attached hydrogens (tertiary/aromatic N) is 2. The fraction of sp³-hybridized carbons (Fsp3) is 0.600. The maximum absolute atomic E-state index is 10.0. The average molecular weight is 281 g/mol. The fourth-order valence-electron chi connectivity index (χ4n) is 3.45. The number of aromatic hydroxyl groups is 1. The van der Waals surface area contributed by atoms with E-state index >= 15 is 0 Å². The molecule has 19 heavy (non-hydrogen) atoms. The van der Waals surface area contributed by atoms with E-state index in [9.17, 15) is 5.11 Å². The highest BCUT2D eigenvalue weighted by molar-refractivity contribution is 6.32. The van der Waals surface area contributed by atoms with Gasteiger partial charge in [-0.15, -0.1) is 0 Å². The molecule has 2 unspecified atom stereocenters. The molecular weight excluding hydrogens is 260 g/mol. The summed E-state index contributed by atoms with van der Waals surface area (Å²) in [6.45, 7) is 3.00. The Morgan fingerprint density at radius 1 is 1.26 bits per heavy atom. The molecule has 104 valence electrons. The van der Waals surface area contributed by atoms with Crippen molar-refractivity contribution in [2.24, 2.45) is 0 Å². The number of fused-ring (bicyclic) bond motifs is 2. The molecule has 1 aromatic rings. The first-order valence-electron chi connectivity index (χ1n) is 7.06. The lowest BCUT2D eigenvalue weighted by atomic mass is 10.1. The Morgan fingerprint density at radius 3 is 2.89 bits per heavy atom. The van der Waals surface area contributed by atoms with Crippen LogP contribution in [0, 0.1) is 0 Å². The molecule has 3 nitrogen and oxygen atoms in total. The summed E-state index contributed by atoms with van der Waals surface area (Å²) < 4.78 is 0. The first-order chi connectivity index (χ1) is 9.15. The molecule has 2 aliphatic rings. The van der Waals surface area contributed by atoms with Gasteiger partial charge >= 0.3 is 0 Å². The molecule has 0 aliphatic carbocycles. The van der Waals surface area contributed by atoms with Crippen LogP contribution in [-0.4, -0.2) is 47.1 Å². The monoisotopic (exact) mass is 280 g/mol. The number of likely N-dealkylation sites (tertiary alicyclic amines) is 1. The minimum absolute atomic E-state index is 0.243. The highest BCUT2D eigenvalue weighted by Gasteiger charge is 2.34. The smallest absolute Gasteiger partial charge is 0.138 e. The zero-order chi connectivity index (χ0) is 13.4. The molecule has 2 fully saturated rings. The van der Waals surface area contributed by atoms with Crippen molar-refractivity contribution in [2.75, 3.05) is 20.1 Å². The number of rotatable bonds is 2. The van der Waals surface area contributed by atoms with Gasteiger partial charge in [0.25, 0.3) is 0 Å². The van der Waals surface area contributed by atoms with E-state index in [-0.39, 0.29) is 5.75 Å². The Bertz CT molecular complexity index is 465. The molecule has 1 aromatic carbocycles. The number of hydrogen-bond acceptors (Lipinski definition) is 3. The predicted octanol–water partition coefficient (Wildman–Crippen LogP) is 2.71. The lowest BCUT2D eigenvalue weighted by Crippen LogP contribution is -2.36. The van der Waals surface area contributed by atoms with Gasteiger partial charge in [0.1, 0.15) is 5.75 Å². The number of hydrogen-bond donors (Lipinski definition) is 1. The van der Waals surface area contributed by atoms with Gasteiger partial charge in [0, 0.05) is 37.3 Å². The third kappa shape index (κ3) is 2.60. The molecule has 0 aromatic heterocycles. The van der Waals surface area contributed by atoms with Gasteiger partial charge in [0.15, 0.2) is 0 Å². The number of phenols is 1. The van der Waals surface area contributed by atoms with Crippen molar-refractivity contribution in [3.8, 4) is 5.75 Å². The van der Waals surface area contributed by atoms with Gasteiger partial charge in [-0.3, -0.25) is 9.80 Å². The molecule has 0 saturated carbocycles. The van der Waals surface area contributed by atoms with Crippen LogP contribution in [0.2, 0.25) is 5.02 Å². The Morgan fingerprint density at radius 2 is 2.05 bits per heavy atom. The standard InChI is InChI=1S/C15H21ClN2O/c1-17-12-5-6-13(17)10-18(8-7-12)9-11-3-2-4-14(16)15(11)19/h2-4,12-13,19H,5-10H2,1H3. The molecule has 2 saturated heterocycles. The molecular formula is C15H21ClN2O. The normalized spacial score (nSPS) is 28.5. The maximum atomic E-state index is 10.0. The van der Waals surface area contributed by atoms with E-state index in [0.717, 1.165) is 31.2 Å². The van der Waals surface area contributed by atoms with Crippen molar-refractivity contribution in [2.45, 2.75) is 37.9 Å². The lowest BCUT2D eigenvalue weighted by molar-refractivity contribution is 0.213. The number of benzene rings is 1. The van der Waals surface area contributed by atoms with Crippen LogP contribution in [-0.2, 0) is 6.54 Å². The van der Waals surface area contributed by atoms with Crippen molar-refractivity contribution in [3.05, 3.63) is 28.8 Å². The highest BCUT2D eigenvalue weighted by atomic mass is 35.5. The quantitative estimate of drug-likeness (QED) is 0.902. The summed E-state index contributed by atoms with van der Waals surface area (Å²) in [5, 5.41) is 10.5. The van der Waals surface area contributed by atoms with Crippen LogP contribution in [0.4, 0.5) is 0 Å². The second-order valence-electron chi connectivity index (χ2n) is 5.82. The Balaban J connectivity index is 1.72. The summed E-state index contributed by atoms with van der Waals surface area (Å²) in [4.78, 5) is 4.99. The number of phenolic OH excluding ortho intramolecular Hbond substituents is 1. The van der Waals surface area contributed by atoms with Gasteiger partial charge in [-0.25, -0.2) is 0 Å². The van der Waals surface area contributed by atoms with Gasteiger partial charge in [-0.05, 0) is 32.4 Å². The molecule has 2 aliphatic heterocycles. The second kappa shape index (κ2) is 5.31. The van der Waals surface area contributed by atoms with Crippen LogP contribution in [0.1, 0.15) is 24.8 Å². The predicted molar refractivity (Wildman–Crippen MR) is 77.6 cm³/mol. The van der Waals surface area contributed by atoms with E-state index in [1.807, 2.05) is 12.1 Å². The third-order valence-corrected chi connectivity index (χ3v) is 5.00. The molecule has 2 bridgehead atoms. The second-order valence-corrected chi connectivity index (χ2v) is 6.23. The Labute approximate surface area is 119 Å². The first kappa shape index (κ1) is 13.2. The lowest BCUT2D eigenvalue weighted by Gasteiger charge is -2.26. The number of halogens is 1. The molecule has 2 heterocycles. The van der Waals surface area contributed by atoms with Crippen LogP contribution in [0.3, 0.4) is 0 Å². The summed E-state index contributed by atoms with van der Waals surface area (Å²) in [6, 6.07) is 7.04. The topological polar surface area (TPSA) is 26.7 Å². The van der Waals surface area contributed by atoms with Crippen LogP contribution in [0.25, 0.3) is 0 Å². The van der Waals surface area contributed by atoms with E-state index in [1.165, 1.54) is 19.3 Å². The van der Waals surface area contributed by atoms with E-state index in [4.69, 9.17) is 11.6 Å². The fourth-order valence-corrected chi connectivity index (χ4v) is 3.65.